The SMILES string of the molecule is CCn1nc(C(=O)N(CCCN(C)C)c2nc3c(F)cccc3s2)cc1C. The van der Waals surface area contributed by atoms with Crippen LogP contribution in [0.4, 0.5) is 9.52 Å². The highest BCUT2D eigenvalue weighted by Crippen LogP contribution is 2.31. The Balaban J connectivity index is 1.95. The van der Waals surface area contributed by atoms with Gasteiger partial charge in [-0.05, 0) is 59.1 Å². The van der Waals surface area contributed by atoms with Crippen LogP contribution in [0.1, 0.15) is 29.5 Å². The van der Waals surface area contributed by atoms with E-state index in [1.54, 1.807) is 21.7 Å². The molecule has 0 unspecified atom stereocenters. The monoisotopic (exact) mass is 389 g/mol. The van der Waals surface area contributed by atoms with Gasteiger partial charge in [0.05, 0.1) is 4.70 Å². The predicted molar refractivity (Wildman–Crippen MR) is 107 cm³/mol. The lowest BCUT2D eigenvalue weighted by Gasteiger charge is -2.20. The van der Waals surface area contributed by atoms with E-state index in [1.165, 1.54) is 17.4 Å². The van der Waals surface area contributed by atoms with Gasteiger partial charge in [-0.2, -0.15) is 5.10 Å². The largest absolute Gasteiger partial charge is 0.309 e. The van der Waals surface area contributed by atoms with Crippen LogP contribution in [0.25, 0.3) is 10.2 Å². The van der Waals surface area contributed by atoms with Crippen molar-refractivity contribution >= 4 is 32.6 Å². The van der Waals surface area contributed by atoms with E-state index in [-0.39, 0.29) is 11.7 Å². The van der Waals surface area contributed by atoms with Crippen LogP contribution >= 0.6 is 11.3 Å². The maximum absolute atomic E-state index is 14.1. The van der Waals surface area contributed by atoms with Crippen LogP contribution in [0.15, 0.2) is 24.3 Å². The van der Waals surface area contributed by atoms with Crippen LogP contribution in [-0.2, 0) is 6.54 Å². The third-order valence-electron chi connectivity index (χ3n) is 4.32. The standard InChI is InChI=1S/C19H24FN5OS/c1-5-25-13(2)12-15(22-25)18(26)24(11-7-10-23(3)4)19-21-17-14(20)8-6-9-16(17)27-19/h6,8-9,12H,5,7,10-11H2,1-4H3. The van der Waals surface area contributed by atoms with Gasteiger partial charge in [0.1, 0.15) is 11.3 Å². The normalized spacial score (nSPS) is 11.5. The average molecular weight is 390 g/mol. The van der Waals surface area contributed by atoms with E-state index < -0.39 is 0 Å². The van der Waals surface area contributed by atoms with Crippen molar-refractivity contribution in [2.24, 2.45) is 0 Å². The molecule has 0 aliphatic heterocycles. The molecule has 0 saturated heterocycles. The number of aryl methyl sites for hydroxylation is 2. The van der Waals surface area contributed by atoms with Crippen molar-refractivity contribution in [3.05, 3.63) is 41.5 Å². The second-order valence-electron chi connectivity index (χ2n) is 6.68. The third-order valence-corrected chi connectivity index (χ3v) is 5.36. The summed E-state index contributed by atoms with van der Waals surface area (Å²) in [4.78, 5) is 21.3. The Morgan fingerprint density at radius 3 is 2.70 bits per heavy atom. The molecule has 0 bridgehead atoms. The van der Waals surface area contributed by atoms with Crippen molar-refractivity contribution in [3.63, 3.8) is 0 Å². The number of hydrogen-bond donors (Lipinski definition) is 0. The molecule has 8 heteroatoms. The molecule has 0 N–H and O–H groups in total. The number of carbonyl (C=O) groups is 1. The molecule has 27 heavy (non-hydrogen) atoms. The van der Waals surface area contributed by atoms with Crippen LogP contribution < -0.4 is 4.90 Å². The van der Waals surface area contributed by atoms with Crippen molar-refractivity contribution in [2.75, 3.05) is 32.1 Å². The number of hydrogen-bond acceptors (Lipinski definition) is 5. The molecule has 1 amide bonds. The number of nitrogens with zero attached hydrogens (tertiary/aromatic N) is 5. The molecule has 0 spiro atoms. The lowest BCUT2D eigenvalue weighted by atomic mass is 10.3. The Kier molecular flexibility index (Phi) is 5.86. The summed E-state index contributed by atoms with van der Waals surface area (Å²) in [5, 5.41) is 4.91. The fourth-order valence-electron chi connectivity index (χ4n) is 2.92. The molecular formula is C19H24FN5OS. The number of para-hydroxylation sites is 1. The topological polar surface area (TPSA) is 54.3 Å². The van der Waals surface area contributed by atoms with Gasteiger partial charge in [-0.3, -0.25) is 14.4 Å². The van der Waals surface area contributed by atoms with Crippen LogP contribution in [0.2, 0.25) is 0 Å². The fourth-order valence-corrected chi connectivity index (χ4v) is 3.93. The van der Waals surface area contributed by atoms with Gasteiger partial charge in [-0.15, -0.1) is 0 Å². The number of thiazole rings is 1. The molecule has 0 fully saturated rings. The van der Waals surface area contributed by atoms with E-state index in [0.29, 0.717) is 29.4 Å². The van der Waals surface area contributed by atoms with E-state index in [1.807, 2.05) is 34.0 Å². The lowest BCUT2D eigenvalue weighted by Crippen LogP contribution is -2.33. The van der Waals surface area contributed by atoms with Gasteiger partial charge in [0.25, 0.3) is 5.91 Å². The van der Waals surface area contributed by atoms with Crippen molar-refractivity contribution in [3.8, 4) is 0 Å². The molecule has 3 aromatic rings. The molecule has 2 aromatic heterocycles. The summed E-state index contributed by atoms with van der Waals surface area (Å²) in [5.41, 5.74) is 1.63. The minimum absolute atomic E-state index is 0.205. The van der Waals surface area contributed by atoms with Crippen LogP contribution in [-0.4, -0.2) is 52.8 Å². The minimum Gasteiger partial charge on any atom is -0.309 e. The smallest absolute Gasteiger partial charge is 0.280 e. The third kappa shape index (κ3) is 4.17. The summed E-state index contributed by atoms with van der Waals surface area (Å²) < 4.78 is 16.6. The highest BCUT2D eigenvalue weighted by atomic mass is 32.1. The molecule has 1 aromatic carbocycles. The minimum atomic E-state index is -0.373. The van der Waals surface area contributed by atoms with Crippen molar-refractivity contribution in [1.29, 1.82) is 0 Å². The van der Waals surface area contributed by atoms with Crippen LogP contribution in [0.3, 0.4) is 0 Å². The highest BCUT2D eigenvalue weighted by molar-refractivity contribution is 7.22. The average Bonchev–Trinajstić information content (AvgIpc) is 3.22. The van der Waals surface area contributed by atoms with Crippen LogP contribution in [0.5, 0.6) is 0 Å². The van der Waals surface area contributed by atoms with E-state index >= 15 is 0 Å². The zero-order chi connectivity index (χ0) is 19.6. The molecule has 2 heterocycles. The van der Waals surface area contributed by atoms with Gasteiger partial charge in [-0.1, -0.05) is 17.4 Å². The van der Waals surface area contributed by atoms with E-state index in [4.69, 9.17) is 0 Å². The summed E-state index contributed by atoms with van der Waals surface area (Å²) >= 11 is 1.32. The number of anilines is 1. The molecule has 0 radical (unpaired) electrons. The zero-order valence-electron chi connectivity index (χ0n) is 16.1. The molecule has 6 nitrogen and oxygen atoms in total. The first kappa shape index (κ1) is 19.4. The predicted octanol–water partition coefficient (Wildman–Crippen LogP) is 3.56. The summed E-state index contributed by atoms with van der Waals surface area (Å²) in [6, 6.07) is 6.65. The number of carbonyl (C=O) groups excluding carboxylic acids is 1. The van der Waals surface area contributed by atoms with Gasteiger partial charge < -0.3 is 4.90 Å². The number of benzene rings is 1. The van der Waals surface area contributed by atoms with Gasteiger partial charge in [0, 0.05) is 18.8 Å². The van der Waals surface area contributed by atoms with E-state index in [9.17, 15) is 9.18 Å². The summed E-state index contributed by atoms with van der Waals surface area (Å²) in [6.45, 7) is 5.95. The Morgan fingerprint density at radius 2 is 2.07 bits per heavy atom. The number of aromatic nitrogens is 3. The number of fused-ring (bicyclic) bond motifs is 1. The zero-order valence-corrected chi connectivity index (χ0v) is 16.9. The Labute approximate surface area is 162 Å². The van der Waals surface area contributed by atoms with Crippen molar-refractivity contribution < 1.29 is 9.18 Å². The van der Waals surface area contributed by atoms with E-state index in [2.05, 4.69) is 15.0 Å². The second-order valence-corrected chi connectivity index (χ2v) is 7.69. The van der Waals surface area contributed by atoms with Gasteiger partial charge in [0.2, 0.25) is 0 Å². The molecular weight excluding hydrogens is 365 g/mol. The lowest BCUT2D eigenvalue weighted by molar-refractivity contribution is 0.0980. The fraction of sp³-hybridized carbons (Fsp3) is 0.421. The highest BCUT2D eigenvalue weighted by Gasteiger charge is 2.24. The Morgan fingerprint density at radius 1 is 1.30 bits per heavy atom. The molecule has 0 aliphatic rings. The first-order chi connectivity index (χ1) is 12.9. The molecule has 0 saturated carbocycles. The second kappa shape index (κ2) is 8.14. The van der Waals surface area contributed by atoms with Crippen molar-refractivity contribution in [1.82, 2.24) is 19.7 Å². The Bertz CT molecular complexity index is 949. The molecule has 0 atom stereocenters. The summed E-state index contributed by atoms with van der Waals surface area (Å²) in [7, 11) is 3.98. The number of halogens is 1. The Hall–Kier alpha value is -2.32. The van der Waals surface area contributed by atoms with Crippen LogP contribution in [0, 0.1) is 12.7 Å². The van der Waals surface area contributed by atoms with E-state index in [0.717, 1.165) is 23.4 Å². The van der Waals surface area contributed by atoms with Crippen molar-refractivity contribution in [2.45, 2.75) is 26.8 Å². The first-order valence-electron chi connectivity index (χ1n) is 8.96. The first-order valence-corrected chi connectivity index (χ1v) is 9.78. The maximum atomic E-state index is 14.1. The maximum Gasteiger partial charge on any atom is 0.280 e. The van der Waals surface area contributed by atoms with Gasteiger partial charge in [0.15, 0.2) is 10.8 Å². The molecule has 144 valence electrons. The molecule has 0 aliphatic carbocycles. The molecule has 3 rings (SSSR count). The number of rotatable bonds is 7. The van der Waals surface area contributed by atoms with Gasteiger partial charge in [-0.25, -0.2) is 9.37 Å². The quantitative estimate of drug-likeness (QED) is 0.620. The summed E-state index contributed by atoms with van der Waals surface area (Å²) in [6.07, 6.45) is 0.782. The number of amides is 1. The summed E-state index contributed by atoms with van der Waals surface area (Å²) in [5.74, 6) is -0.578. The van der Waals surface area contributed by atoms with Gasteiger partial charge >= 0.3 is 0 Å².